The van der Waals surface area contributed by atoms with Crippen LogP contribution >= 0.6 is 0 Å². The number of oxime groups is 1. The van der Waals surface area contributed by atoms with Gasteiger partial charge in [0.2, 0.25) is 5.91 Å². The van der Waals surface area contributed by atoms with E-state index in [0.717, 1.165) is 24.8 Å². The highest BCUT2D eigenvalue weighted by atomic mass is 16.5. The van der Waals surface area contributed by atoms with Gasteiger partial charge >= 0.3 is 0 Å². The summed E-state index contributed by atoms with van der Waals surface area (Å²) in [6.07, 6.45) is 3.95. The molecule has 2 bridgehead atoms. The van der Waals surface area contributed by atoms with Crippen molar-refractivity contribution in [2.24, 2.45) is 10.9 Å². The molecule has 0 radical (unpaired) electrons. The first-order valence-electron chi connectivity index (χ1n) is 7.17. The summed E-state index contributed by atoms with van der Waals surface area (Å²) in [6.45, 7) is 0. The quantitative estimate of drug-likeness (QED) is 0.330. The van der Waals surface area contributed by atoms with Gasteiger partial charge in [0.25, 0.3) is 0 Å². The van der Waals surface area contributed by atoms with Gasteiger partial charge in [-0.15, -0.1) is 0 Å². The molecule has 1 amide bonds. The summed E-state index contributed by atoms with van der Waals surface area (Å²) in [6, 6.07) is 7.25. The van der Waals surface area contributed by atoms with Crippen LogP contribution in [-0.2, 0) is 16.0 Å². The van der Waals surface area contributed by atoms with Crippen LogP contribution in [0.3, 0.4) is 0 Å². The Morgan fingerprint density at radius 2 is 2.14 bits per heavy atom. The predicted molar refractivity (Wildman–Crippen MR) is 77.1 cm³/mol. The van der Waals surface area contributed by atoms with Crippen molar-refractivity contribution in [3.05, 3.63) is 35.4 Å². The first kappa shape index (κ1) is 13.9. The van der Waals surface area contributed by atoms with Gasteiger partial charge in [-0.05, 0) is 24.8 Å². The van der Waals surface area contributed by atoms with Crippen LogP contribution in [0.5, 0.6) is 0 Å². The summed E-state index contributed by atoms with van der Waals surface area (Å²) in [5, 5.41) is 14.6. The van der Waals surface area contributed by atoms with E-state index < -0.39 is 0 Å². The van der Waals surface area contributed by atoms with E-state index in [4.69, 9.17) is 15.7 Å². The number of nitrogens with one attached hydrogen (secondary N) is 1. The van der Waals surface area contributed by atoms with Crippen LogP contribution in [0.2, 0.25) is 0 Å². The fourth-order valence-electron chi connectivity index (χ4n) is 3.08. The molecule has 3 unspecified atom stereocenters. The monoisotopic (exact) mass is 289 g/mol. The number of amidine groups is 1. The number of nitrogens with two attached hydrogens (primary N) is 1. The third-order valence-electron chi connectivity index (χ3n) is 4.17. The minimum absolute atomic E-state index is 0.00713. The fraction of sp³-hybridized carbons (Fsp3) is 0.467. The lowest BCUT2D eigenvalue weighted by Crippen LogP contribution is -2.42. The Hall–Kier alpha value is -2.08. The summed E-state index contributed by atoms with van der Waals surface area (Å²) in [5.74, 6) is 0.0674. The highest BCUT2D eigenvalue weighted by molar-refractivity contribution is 5.97. The number of ether oxygens (including phenoxy) is 1. The largest absolute Gasteiger partial charge is 0.409 e. The Labute approximate surface area is 123 Å². The van der Waals surface area contributed by atoms with Crippen molar-refractivity contribution in [3.8, 4) is 0 Å². The zero-order valence-corrected chi connectivity index (χ0v) is 11.7. The molecule has 1 aromatic rings. The number of nitrogens with zero attached hydrogens (tertiary/aromatic N) is 1. The Balaban J connectivity index is 1.55. The van der Waals surface area contributed by atoms with E-state index in [-0.39, 0.29) is 23.9 Å². The number of carbonyl (C=O) groups is 1. The Morgan fingerprint density at radius 1 is 1.38 bits per heavy atom. The molecule has 1 aromatic carbocycles. The van der Waals surface area contributed by atoms with Crippen molar-refractivity contribution < 1.29 is 14.7 Å². The molecule has 4 N–H and O–H groups in total. The lowest BCUT2D eigenvalue weighted by atomic mass is 9.95. The maximum absolute atomic E-state index is 12.1. The molecule has 0 spiro atoms. The molecular formula is C15H19N3O3. The van der Waals surface area contributed by atoms with Crippen LogP contribution < -0.4 is 11.1 Å². The van der Waals surface area contributed by atoms with Gasteiger partial charge < -0.3 is 21.0 Å². The van der Waals surface area contributed by atoms with E-state index in [9.17, 15) is 4.79 Å². The van der Waals surface area contributed by atoms with Gasteiger partial charge in [0, 0.05) is 5.56 Å². The molecule has 2 aliphatic rings. The summed E-state index contributed by atoms with van der Waals surface area (Å²) in [4.78, 5) is 12.1. The lowest BCUT2D eigenvalue weighted by molar-refractivity contribution is -0.121. The molecule has 2 heterocycles. The zero-order chi connectivity index (χ0) is 14.8. The summed E-state index contributed by atoms with van der Waals surface area (Å²) < 4.78 is 5.72. The number of carbonyl (C=O) groups excluding carboxylic acids is 1. The van der Waals surface area contributed by atoms with Crippen molar-refractivity contribution in [1.82, 2.24) is 5.32 Å². The second-order valence-corrected chi connectivity index (χ2v) is 5.64. The number of amides is 1. The van der Waals surface area contributed by atoms with E-state index in [0.29, 0.717) is 18.1 Å². The van der Waals surface area contributed by atoms with Gasteiger partial charge in [-0.2, -0.15) is 0 Å². The molecule has 2 fully saturated rings. The normalized spacial score (nSPS) is 27.8. The number of hydrogen-bond acceptors (Lipinski definition) is 4. The molecule has 3 atom stereocenters. The molecule has 3 rings (SSSR count). The van der Waals surface area contributed by atoms with E-state index in [1.807, 2.05) is 12.1 Å². The molecule has 0 aromatic heterocycles. The van der Waals surface area contributed by atoms with Crippen LogP contribution in [0.25, 0.3) is 0 Å². The maximum Gasteiger partial charge on any atom is 0.224 e. The molecule has 2 aliphatic heterocycles. The van der Waals surface area contributed by atoms with Gasteiger partial charge in [-0.3, -0.25) is 4.79 Å². The first-order valence-corrected chi connectivity index (χ1v) is 7.17. The zero-order valence-electron chi connectivity index (χ0n) is 11.7. The highest BCUT2D eigenvalue weighted by Gasteiger charge is 2.41. The summed E-state index contributed by atoms with van der Waals surface area (Å²) in [7, 11) is 0. The average Bonchev–Trinajstić information content (AvgIpc) is 3.09. The van der Waals surface area contributed by atoms with E-state index in [1.54, 1.807) is 12.1 Å². The van der Waals surface area contributed by atoms with Gasteiger partial charge in [0.15, 0.2) is 5.84 Å². The molecule has 0 aliphatic carbocycles. The van der Waals surface area contributed by atoms with Crippen molar-refractivity contribution >= 4 is 11.7 Å². The van der Waals surface area contributed by atoms with Crippen LogP contribution in [0.4, 0.5) is 0 Å². The second-order valence-electron chi connectivity index (χ2n) is 5.64. The predicted octanol–water partition coefficient (Wildman–Crippen LogP) is 0.760. The van der Waals surface area contributed by atoms with Gasteiger partial charge in [-0.25, -0.2) is 0 Å². The van der Waals surface area contributed by atoms with E-state index in [2.05, 4.69) is 10.5 Å². The maximum atomic E-state index is 12.1. The number of benzene rings is 1. The van der Waals surface area contributed by atoms with Gasteiger partial charge in [-0.1, -0.05) is 29.4 Å². The molecule has 112 valence electrons. The smallest absolute Gasteiger partial charge is 0.224 e. The minimum Gasteiger partial charge on any atom is -0.409 e. The number of fused-ring (bicyclic) bond motifs is 2. The Kier molecular flexibility index (Phi) is 3.79. The van der Waals surface area contributed by atoms with Crippen LogP contribution in [0.1, 0.15) is 30.4 Å². The molecular weight excluding hydrogens is 270 g/mol. The third kappa shape index (κ3) is 3.00. The topological polar surface area (TPSA) is 96.9 Å². The van der Waals surface area contributed by atoms with Gasteiger partial charge in [0.05, 0.1) is 24.7 Å². The van der Waals surface area contributed by atoms with Crippen LogP contribution in [-0.4, -0.2) is 35.2 Å². The van der Waals surface area contributed by atoms with E-state index in [1.165, 1.54) is 0 Å². The highest BCUT2D eigenvalue weighted by Crippen LogP contribution is 2.34. The second kappa shape index (κ2) is 5.73. The fourth-order valence-corrected chi connectivity index (χ4v) is 3.08. The Morgan fingerprint density at radius 3 is 2.71 bits per heavy atom. The molecule has 0 saturated carbocycles. The Bertz CT molecular complexity index is 556. The number of rotatable bonds is 4. The van der Waals surface area contributed by atoms with Crippen molar-refractivity contribution in [2.45, 2.75) is 43.9 Å². The van der Waals surface area contributed by atoms with Gasteiger partial charge in [0.1, 0.15) is 0 Å². The summed E-state index contributed by atoms with van der Waals surface area (Å²) in [5.41, 5.74) is 7.02. The SMILES string of the molecule is N/C(=N/O)c1ccc(CC(=O)NC2CC3CCC2O3)cc1. The minimum atomic E-state index is 0.00713. The first-order chi connectivity index (χ1) is 10.2. The summed E-state index contributed by atoms with van der Waals surface area (Å²) >= 11 is 0. The average molecular weight is 289 g/mol. The van der Waals surface area contributed by atoms with Crippen molar-refractivity contribution in [2.75, 3.05) is 0 Å². The standard InChI is InChI=1S/C15H19N3O3/c16-15(18-20)10-3-1-9(2-4-10)7-14(19)17-12-8-11-5-6-13(12)21-11/h1-4,11-13,20H,5-8H2,(H2,16,18)(H,17,19). The number of hydrogen-bond donors (Lipinski definition) is 3. The van der Waals surface area contributed by atoms with Crippen LogP contribution in [0.15, 0.2) is 29.4 Å². The molecule has 21 heavy (non-hydrogen) atoms. The van der Waals surface area contributed by atoms with Crippen molar-refractivity contribution in [1.29, 1.82) is 0 Å². The van der Waals surface area contributed by atoms with Crippen molar-refractivity contribution in [3.63, 3.8) is 0 Å². The van der Waals surface area contributed by atoms with E-state index >= 15 is 0 Å². The van der Waals surface area contributed by atoms with Crippen LogP contribution in [0, 0.1) is 0 Å². The molecule has 2 saturated heterocycles. The molecule has 6 heteroatoms. The lowest BCUT2D eigenvalue weighted by Gasteiger charge is -2.20. The molecule has 6 nitrogen and oxygen atoms in total. The third-order valence-corrected chi connectivity index (χ3v) is 4.17.